The molecule has 1 saturated heterocycles. The van der Waals surface area contributed by atoms with Crippen LogP contribution in [-0.4, -0.2) is 29.0 Å². The van der Waals surface area contributed by atoms with Crippen LogP contribution in [0, 0.1) is 21.7 Å². The molecule has 0 saturated carbocycles. The molecule has 2 aromatic rings. The van der Waals surface area contributed by atoms with Crippen LogP contribution in [0.3, 0.4) is 0 Å². The fourth-order valence-electron chi connectivity index (χ4n) is 3.36. The maximum Gasteiger partial charge on any atom is 0.232 e. The number of piperidine rings is 1. The van der Waals surface area contributed by atoms with Crippen LogP contribution >= 0.6 is 0 Å². The van der Waals surface area contributed by atoms with Crippen molar-refractivity contribution in [1.29, 1.82) is 0 Å². The van der Waals surface area contributed by atoms with Gasteiger partial charge < -0.3 is 0 Å². The Kier molecular flexibility index (Phi) is 4.85. The molecule has 3 rings (SSSR count). The van der Waals surface area contributed by atoms with Crippen molar-refractivity contribution in [3.8, 4) is 0 Å². The molecule has 6 heteroatoms. The zero-order valence-corrected chi connectivity index (χ0v) is 13.1. The Bertz CT molecular complexity index is 724. The van der Waals surface area contributed by atoms with Crippen LogP contribution in [0.4, 0.5) is 8.78 Å². The van der Waals surface area contributed by atoms with E-state index in [2.05, 4.69) is 0 Å². The van der Waals surface area contributed by atoms with Gasteiger partial charge in [0, 0.05) is 17.0 Å². The molecule has 1 fully saturated rings. The lowest BCUT2D eigenvalue weighted by Gasteiger charge is -2.34. The number of halogens is 2. The molecule has 24 heavy (non-hydrogen) atoms. The highest BCUT2D eigenvalue weighted by atomic mass is 19.1. The monoisotopic (exact) mass is 332 g/mol. The van der Waals surface area contributed by atoms with Crippen molar-refractivity contribution in [2.75, 3.05) is 13.1 Å². The maximum atomic E-state index is 14.0. The normalized spacial score (nSPS) is 21.6. The molecule has 4 nitrogen and oxygen atoms in total. The van der Waals surface area contributed by atoms with E-state index in [1.807, 2.05) is 35.2 Å². The van der Waals surface area contributed by atoms with E-state index in [0.29, 0.717) is 19.5 Å². The highest BCUT2D eigenvalue weighted by molar-refractivity contribution is 5.25. The lowest BCUT2D eigenvalue weighted by Crippen LogP contribution is -2.46. The fourth-order valence-corrected chi connectivity index (χ4v) is 3.36. The Morgan fingerprint density at radius 1 is 1.17 bits per heavy atom. The third kappa shape index (κ3) is 3.59. The number of rotatable bonds is 4. The molecule has 1 aliphatic rings. The van der Waals surface area contributed by atoms with E-state index in [4.69, 9.17) is 0 Å². The second-order valence-electron chi connectivity index (χ2n) is 6.13. The summed E-state index contributed by atoms with van der Waals surface area (Å²) in [7, 11) is 0. The molecule has 1 aliphatic heterocycles. The average Bonchev–Trinajstić information content (AvgIpc) is 2.58. The minimum Gasteiger partial charge on any atom is -0.292 e. The van der Waals surface area contributed by atoms with Gasteiger partial charge >= 0.3 is 0 Å². The largest absolute Gasteiger partial charge is 0.292 e. The van der Waals surface area contributed by atoms with Crippen molar-refractivity contribution in [1.82, 2.24) is 4.90 Å². The summed E-state index contributed by atoms with van der Waals surface area (Å²) in [5, 5.41) is 11.5. The summed E-state index contributed by atoms with van der Waals surface area (Å²) in [4.78, 5) is 13.1. The first-order valence-corrected chi connectivity index (χ1v) is 7.89. The molecule has 2 aromatic carbocycles. The van der Waals surface area contributed by atoms with Crippen molar-refractivity contribution >= 4 is 0 Å². The van der Waals surface area contributed by atoms with Crippen molar-refractivity contribution < 1.29 is 13.7 Å². The van der Waals surface area contributed by atoms with Gasteiger partial charge in [-0.1, -0.05) is 30.3 Å². The van der Waals surface area contributed by atoms with Gasteiger partial charge in [-0.3, -0.25) is 15.0 Å². The molecule has 0 amide bonds. The lowest BCUT2D eigenvalue weighted by molar-refractivity contribution is -0.530. The van der Waals surface area contributed by atoms with Gasteiger partial charge in [-0.05, 0) is 36.7 Å². The van der Waals surface area contributed by atoms with Gasteiger partial charge in [0.25, 0.3) is 0 Å². The highest BCUT2D eigenvalue weighted by Gasteiger charge is 2.39. The summed E-state index contributed by atoms with van der Waals surface area (Å²) in [5.74, 6) is -1.76. The second kappa shape index (κ2) is 7.05. The van der Waals surface area contributed by atoms with Gasteiger partial charge in [0.1, 0.15) is 11.6 Å². The number of hydrogen-bond donors (Lipinski definition) is 0. The molecule has 1 heterocycles. The predicted octanol–water partition coefficient (Wildman–Crippen LogP) is 3.60. The zero-order chi connectivity index (χ0) is 17.1. The molecule has 126 valence electrons. The van der Waals surface area contributed by atoms with E-state index in [-0.39, 0.29) is 17.0 Å². The quantitative estimate of drug-likeness (QED) is 0.635. The Hall–Kier alpha value is -2.34. The van der Waals surface area contributed by atoms with E-state index in [9.17, 15) is 18.9 Å². The fraction of sp³-hybridized carbons (Fsp3) is 0.333. The Morgan fingerprint density at radius 2 is 1.92 bits per heavy atom. The summed E-state index contributed by atoms with van der Waals surface area (Å²) in [5.41, 5.74) is 1.19. The molecule has 0 bridgehead atoms. The van der Waals surface area contributed by atoms with Gasteiger partial charge in [-0.25, -0.2) is 8.78 Å². The van der Waals surface area contributed by atoms with E-state index < -0.39 is 23.6 Å². The van der Waals surface area contributed by atoms with Crippen LogP contribution in [0.15, 0.2) is 48.5 Å². The van der Waals surface area contributed by atoms with E-state index >= 15 is 0 Å². The van der Waals surface area contributed by atoms with Gasteiger partial charge in [-0.15, -0.1) is 0 Å². The Labute approximate surface area is 138 Å². The minimum absolute atomic E-state index is 0.107. The van der Waals surface area contributed by atoms with Crippen LogP contribution in [0.2, 0.25) is 0 Å². The van der Waals surface area contributed by atoms with E-state index in [1.54, 1.807) is 0 Å². The number of likely N-dealkylation sites (tertiary alicyclic amines) is 1. The Morgan fingerprint density at radius 3 is 2.62 bits per heavy atom. The van der Waals surface area contributed by atoms with Crippen molar-refractivity contribution in [2.45, 2.75) is 24.9 Å². The van der Waals surface area contributed by atoms with Crippen LogP contribution in [-0.2, 0) is 6.54 Å². The summed E-state index contributed by atoms with van der Waals surface area (Å²) in [6.45, 7) is 1.45. The van der Waals surface area contributed by atoms with Crippen molar-refractivity contribution in [3.63, 3.8) is 0 Å². The number of nitrogens with zero attached hydrogens (tertiary/aromatic N) is 2. The van der Waals surface area contributed by atoms with Gasteiger partial charge in [0.2, 0.25) is 6.04 Å². The van der Waals surface area contributed by atoms with E-state index in [0.717, 1.165) is 23.8 Å². The maximum absolute atomic E-state index is 14.0. The summed E-state index contributed by atoms with van der Waals surface area (Å²) < 4.78 is 27.5. The third-order valence-electron chi connectivity index (χ3n) is 4.54. The minimum atomic E-state index is -0.946. The molecule has 0 aromatic heterocycles. The topological polar surface area (TPSA) is 46.4 Å². The van der Waals surface area contributed by atoms with Gasteiger partial charge in [-0.2, -0.15) is 0 Å². The van der Waals surface area contributed by atoms with Gasteiger partial charge in [0.05, 0.1) is 12.5 Å². The first-order valence-electron chi connectivity index (χ1n) is 7.89. The standard InChI is InChI=1S/C18H18F2N2O2/c19-14-6-7-17(20)16(10-14)15-8-9-21(12-18(15)22(23)24)11-13-4-2-1-3-5-13/h1-7,10,15,18H,8-9,11-12H2/t15?,18-/m1/s1. The summed E-state index contributed by atoms with van der Waals surface area (Å²) >= 11 is 0. The van der Waals surface area contributed by atoms with E-state index in [1.165, 1.54) is 0 Å². The smallest absolute Gasteiger partial charge is 0.232 e. The van der Waals surface area contributed by atoms with Crippen LogP contribution in [0.25, 0.3) is 0 Å². The number of nitro groups is 1. The van der Waals surface area contributed by atoms with Crippen LogP contribution in [0.1, 0.15) is 23.5 Å². The van der Waals surface area contributed by atoms with Crippen molar-refractivity contribution in [2.24, 2.45) is 0 Å². The molecule has 0 N–H and O–H groups in total. The lowest BCUT2D eigenvalue weighted by atomic mass is 9.85. The summed E-state index contributed by atoms with van der Waals surface area (Å²) in [6, 6.07) is 11.9. The van der Waals surface area contributed by atoms with Crippen LogP contribution < -0.4 is 0 Å². The first kappa shape index (κ1) is 16.5. The third-order valence-corrected chi connectivity index (χ3v) is 4.54. The van der Waals surface area contributed by atoms with Crippen LogP contribution in [0.5, 0.6) is 0 Å². The second-order valence-corrected chi connectivity index (χ2v) is 6.13. The molecular weight excluding hydrogens is 314 g/mol. The predicted molar refractivity (Wildman–Crippen MR) is 86.2 cm³/mol. The Balaban J connectivity index is 1.79. The molecule has 0 radical (unpaired) electrons. The zero-order valence-electron chi connectivity index (χ0n) is 13.1. The molecule has 1 unspecified atom stereocenters. The SMILES string of the molecule is O=[N+]([O-])[C@@H]1CN(Cc2ccccc2)CCC1c1cc(F)ccc1F. The molecule has 2 atom stereocenters. The molecule has 0 spiro atoms. The first-order chi connectivity index (χ1) is 11.5. The summed E-state index contributed by atoms with van der Waals surface area (Å²) in [6.07, 6.45) is 0.429. The average molecular weight is 332 g/mol. The molecular formula is C18H18F2N2O2. The number of benzene rings is 2. The van der Waals surface area contributed by atoms with Crippen molar-refractivity contribution in [3.05, 3.63) is 81.4 Å². The van der Waals surface area contributed by atoms with Gasteiger partial charge in [0.15, 0.2) is 0 Å². The number of hydrogen-bond acceptors (Lipinski definition) is 3. The molecule has 0 aliphatic carbocycles. The highest BCUT2D eigenvalue weighted by Crippen LogP contribution is 2.32.